The number of aromatic nitrogens is 4. The van der Waals surface area contributed by atoms with Crippen molar-refractivity contribution in [1.82, 2.24) is 19.9 Å². The van der Waals surface area contributed by atoms with Crippen LogP contribution < -0.4 is 0 Å². The Labute approximate surface area is 171 Å². The largest absolute Gasteiger partial charge is 0.464 e. The van der Waals surface area contributed by atoms with Crippen LogP contribution in [-0.2, 0) is 14.9 Å². The Balaban J connectivity index is 1.59. The molecule has 0 amide bonds. The molecule has 7 nitrogen and oxygen atoms in total. The molecule has 1 aromatic carbocycles. The van der Waals surface area contributed by atoms with Crippen LogP contribution in [0.3, 0.4) is 0 Å². The van der Waals surface area contributed by atoms with E-state index in [1.165, 1.54) is 5.56 Å². The molecule has 1 fully saturated rings. The Morgan fingerprint density at radius 3 is 2.75 bits per heavy atom. The van der Waals surface area contributed by atoms with Crippen molar-refractivity contribution in [2.75, 3.05) is 6.61 Å². The van der Waals surface area contributed by atoms with Crippen LogP contribution in [0.1, 0.15) is 50.5 Å². The summed E-state index contributed by atoms with van der Waals surface area (Å²) in [6.07, 6.45) is 6.47. The second-order valence-corrected chi connectivity index (χ2v) is 7.92. The summed E-state index contributed by atoms with van der Waals surface area (Å²) in [6.45, 7) is 3.86. The fourth-order valence-corrected chi connectivity index (χ4v) is 3.77. The molecule has 1 unspecified atom stereocenters. The highest BCUT2D eigenvalue weighted by atomic mass is 79.9. The summed E-state index contributed by atoms with van der Waals surface area (Å²) in [5, 5.41) is 8.53. The molecule has 3 aromatic rings. The summed E-state index contributed by atoms with van der Waals surface area (Å²) in [7, 11) is 0. The van der Waals surface area contributed by atoms with Gasteiger partial charge in [0.25, 0.3) is 5.89 Å². The average molecular weight is 445 g/mol. The number of carbonyl (C=O) groups excluding carboxylic acids is 1. The summed E-state index contributed by atoms with van der Waals surface area (Å²) < 4.78 is 13.2. The molecular formula is C20H21BrN4O3. The van der Waals surface area contributed by atoms with Crippen LogP contribution in [0.5, 0.6) is 0 Å². The lowest BCUT2D eigenvalue weighted by molar-refractivity contribution is -0.146. The number of hydrogen-bond donors (Lipinski definition) is 0. The number of rotatable bonds is 6. The second kappa shape index (κ2) is 7.50. The first-order valence-electron chi connectivity index (χ1n) is 9.35. The van der Waals surface area contributed by atoms with Gasteiger partial charge >= 0.3 is 5.97 Å². The van der Waals surface area contributed by atoms with E-state index >= 15 is 0 Å². The predicted molar refractivity (Wildman–Crippen MR) is 106 cm³/mol. The fourth-order valence-electron chi connectivity index (χ4n) is 3.51. The molecule has 1 saturated carbocycles. The SMILES string of the molecule is CCOC(=O)C(C)n1cc(-c2nc(C3(c4ccc(Br)cc4)CCC3)no2)cn1. The molecule has 0 spiro atoms. The van der Waals surface area contributed by atoms with Gasteiger partial charge in [0.1, 0.15) is 6.04 Å². The minimum absolute atomic E-state index is 0.198. The Morgan fingerprint density at radius 1 is 1.36 bits per heavy atom. The van der Waals surface area contributed by atoms with Gasteiger partial charge in [-0.3, -0.25) is 4.68 Å². The number of ether oxygens (including phenoxy) is 1. The normalized spacial score (nSPS) is 16.4. The predicted octanol–water partition coefficient (Wildman–Crippen LogP) is 4.29. The zero-order valence-corrected chi connectivity index (χ0v) is 17.3. The summed E-state index contributed by atoms with van der Waals surface area (Å²) >= 11 is 3.48. The number of benzene rings is 1. The van der Waals surface area contributed by atoms with Crippen LogP contribution in [0.25, 0.3) is 11.5 Å². The highest BCUT2D eigenvalue weighted by molar-refractivity contribution is 9.10. The van der Waals surface area contributed by atoms with E-state index in [2.05, 4.69) is 43.3 Å². The molecule has 146 valence electrons. The van der Waals surface area contributed by atoms with E-state index in [1.54, 1.807) is 30.9 Å². The van der Waals surface area contributed by atoms with Crippen molar-refractivity contribution in [2.45, 2.75) is 44.6 Å². The first-order chi connectivity index (χ1) is 13.5. The quantitative estimate of drug-likeness (QED) is 0.527. The lowest BCUT2D eigenvalue weighted by Gasteiger charge is -2.39. The molecule has 0 N–H and O–H groups in total. The maximum absolute atomic E-state index is 11.9. The Hall–Kier alpha value is -2.48. The van der Waals surface area contributed by atoms with Gasteiger partial charge in [-0.15, -0.1) is 0 Å². The van der Waals surface area contributed by atoms with Gasteiger partial charge in [-0.2, -0.15) is 10.1 Å². The highest BCUT2D eigenvalue weighted by Crippen LogP contribution is 2.48. The molecule has 0 saturated heterocycles. The topological polar surface area (TPSA) is 83.0 Å². The van der Waals surface area contributed by atoms with Gasteiger partial charge in [0.15, 0.2) is 5.82 Å². The maximum atomic E-state index is 11.9. The summed E-state index contributed by atoms with van der Waals surface area (Å²) in [5.41, 5.74) is 1.68. The van der Waals surface area contributed by atoms with Crippen molar-refractivity contribution in [3.63, 3.8) is 0 Å². The van der Waals surface area contributed by atoms with E-state index in [9.17, 15) is 4.79 Å². The van der Waals surface area contributed by atoms with Crippen molar-refractivity contribution in [3.8, 4) is 11.5 Å². The van der Waals surface area contributed by atoms with Gasteiger partial charge in [-0.1, -0.05) is 39.6 Å². The minimum atomic E-state index is -0.517. The number of esters is 1. The second-order valence-electron chi connectivity index (χ2n) is 7.00. The van der Waals surface area contributed by atoms with E-state index in [1.807, 2.05) is 12.1 Å². The zero-order valence-electron chi connectivity index (χ0n) is 15.8. The molecule has 4 rings (SSSR count). The monoisotopic (exact) mass is 444 g/mol. The van der Waals surface area contributed by atoms with Crippen molar-refractivity contribution < 1.29 is 14.1 Å². The fraction of sp³-hybridized carbons (Fsp3) is 0.400. The van der Waals surface area contributed by atoms with E-state index in [-0.39, 0.29) is 11.4 Å². The standard InChI is InChI=1S/C20H21BrN4O3/c1-3-27-18(26)13(2)25-12-14(11-22-25)17-23-19(24-28-17)20(9-4-10-20)15-5-7-16(21)8-6-15/h5-8,11-13H,3-4,9-10H2,1-2H3. The summed E-state index contributed by atoms with van der Waals surface area (Å²) in [6, 6.07) is 7.78. The zero-order chi connectivity index (χ0) is 19.7. The average Bonchev–Trinajstić information content (AvgIpc) is 3.31. The third-order valence-electron chi connectivity index (χ3n) is 5.33. The Kier molecular flexibility index (Phi) is 5.05. The minimum Gasteiger partial charge on any atom is -0.464 e. The molecule has 2 heterocycles. The molecule has 2 aromatic heterocycles. The molecular weight excluding hydrogens is 424 g/mol. The van der Waals surface area contributed by atoms with Crippen LogP contribution in [0.4, 0.5) is 0 Å². The highest BCUT2D eigenvalue weighted by Gasteiger charge is 2.44. The van der Waals surface area contributed by atoms with E-state index in [4.69, 9.17) is 9.26 Å². The Bertz CT molecular complexity index is 976. The lowest BCUT2D eigenvalue weighted by Crippen LogP contribution is -2.36. The van der Waals surface area contributed by atoms with Crippen LogP contribution in [0, 0.1) is 0 Å². The number of nitrogens with zero attached hydrogens (tertiary/aromatic N) is 4. The van der Waals surface area contributed by atoms with Crippen molar-refractivity contribution in [2.24, 2.45) is 0 Å². The van der Waals surface area contributed by atoms with Crippen LogP contribution >= 0.6 is 15.9 Å². The van der Waals surface area contributed by atoms with E-state index in [0.29, 0.717) is 23.9 Å². The summed E-state index contributed by atoms with van der Waals surface area (Å²) in [5.74, 6) is 0.773. The molecule has 1 atom stereocenters. The van der Waals surface area contributed by atoms with Gasteiger partial charge in [0, 0.05) is 10.7 Å². The van der Waals surface area contributed by atoms with Crippen LogP contribution in [-0.4, -0.2) is 32.5 Å². The van der Waals surface area contributed by atoms with Crippen LogP contribution in [0.2, 0.25) is 0 Å². The van der Waals surface area contributed by atoms with Crippen LogP contribution in [0.15, 0.2) is 45.7 Å². The van der Waals surface area contributed by atoms with E-state index in [0.717, 1.165) is 23.7 Å². The first-order valence-corrected chi connectivity index (χ1v) is 10.1. The third kappa shape index (κ3) is 3.26. The molecule has 28 heavy (non-hydrogen) atoms. The number of carbonyl (C=O) groups is 1. The summed E-state index contributed by atoms with van der Waals surface area (Å²) in [4.78, 5) is 16.6. The number of hydrogen-bond acceptors (Lipinski definition) is 6. The third-order valence-corrected chi connectivity index (χ3v) is 5.86. The van der Waals surface area contributed by atoms with Crippen molar-refractivity contribution >= 4 is 21.9 Å². The van der Waals surface area contributed by atoms with Gasteiger partial charge in [0.05, 0.1) is 23.8 Å². The first kappa shape index (κ1) is 18.9. The molecule has 0 radical (unpaired) electrons. The number of halogens is 1. The molecule has 0 aliphatic heterocycles. The van der Waals surface area contributed by atoms with Crippen molar-refractivity contribution in [1.29, 1.82) is 0 Å². The Morgan fingerprint density at radius 2 is 2.11 bits per heavy atom. The lowest BCUT2D eigenvalue weighted by atomic mass is 9.64. The molecule has 8 heteroatoms. The van der Waals surface area contributed by atoms with E-state index < -0.39 is 6.04 Å². The smallest absolute Gasteiger partial charge is 0.330 e. The van der Waals surface area contributed by atoms with Gasteiger partial charge in [-0.05, 0) is 44.4 Å². The van der Waals surface area contributed by atoms with Gasteiger partial charge < -0.3 is 9.26 Å². The van der Waals surface area contributed by atoms with Gasteiger partial charge in [0.2, 0.25) is 0 Å². The molecule has 1 aliphatic rings. The molecule has 1 aliphatic carbocycles. The molecule has 0 bridgehead atoms. The maximum Gasteiger partial charge on any atom is 0.330 e. The van der Waals surface area contributed by atoms with Crippen molar-refractivity contribution in [3.05, 3.63) is 52.5 Å². The van der Waals surface area contributed by atoms with Gasteiger partial charge in [-0.25, -0.2) is 4.79 Å².